The molecule has 4 heteroatoms. The summed E-state index contributed by atoms with van der Waals surface area (Å²) in [4.78, 5) is 25.7. The van der Waals surface area contributed by atoms with Crippen LogP contribution in [0.15, 0.2) is 76.5 Å². The molecule has 0 amide bonds. The molecule has 1 aromatic rings. The number of hydrogen-bond acceptors (Lipinski definition) is 4. The molecule has 190 valence electrons. The molecule has 4 nitrogen and oxygen atoms in total. The van der Waals surface area contributed by atoms with Gasteiger partial charge >= 0.3 is 0 Å². The number of aromatic hydroxyl groups is 1. The molecule has 2 aliphatic rings. The molecule has 0 saturated heterocycles. The standard InChI is InChI=1S/C32H38O4/c1-20(2)9-7-11-22(5)13-14-24-18-29-25(19-28(24)35)31-26(33)15-16-27(34)32(31)30(36-29)17-23(6)12-8-10-21(3)4/h9-10,13,15-19,30,35H,7-8,11-12,14H2,1-6H3/b22-13+,23-17+. The summed E-state index contributed by atoms with van der Waals surface area (Å²) in [6, 6.07) is 3.38. The molecule has 0 fully saturated rings. The quantitative estimate of drug-likeness (QED) is 0.289. The minimum Gasteiger partial charge on any atom is -0.508 e. The Morgan fingerprint density at radius 3 is 2.11 bits per heavy atom. The normalized spacial score (nSPS) is 17.4. The molecule has 1 unspecified atom stereocenters. The molecule has 1 aliphatic heterocycles. The van der Waals surface area contributed by atoms with Gasteiger partial charge in [-0.15, -0.1) is 0 Å². The lowest BCUT2D eigenvalue weighted by Crippen LogP contribution is -2.31. The first-order valence-electron chi connectivity index (χ1n) is 12.7. The third-order valence-corrected chi connectivity index (χ3v) is 6.44. The highest BCUT2D eigenvalue weighted by Gasteiger charge is 2.36. The number of benzene rings is 1. The largest absolute Gasteiger partial charge is 0.508 e. The van der Waals surface area contributed by atoms with Crippen LogP contribution in [0.4, 0.5) is 0 Å². The van der Waals surface area contributed by atoms with Gasteiger partial charge in [-0.1, -0.05) is 40.5 Å². The van der Waals surface area contributed by atoms with Crippen molar-refractivity contribution in [3.05, 3.63) is 87.6 Å². The number of hydrogen-bond donors (Lipinski definition) is 1. The molecule has 36 heavy (non-hydrogen) atoms. The Balaban J connectivity index is 1.93. The summed E-state index contributed by atoms with van der Waals surface area (Å²) in [5.74, 6) is 0.148. The number of carbonyl (C=O) groups is 2. The summed E-state index contributed by atoms with van der Waals surface area (Å²) in [7, 11) is 0. The number of carbonyl (C=O) groups excluding carboxylic acids is 2. The van der Waals surface area contributed by atoms with E-state index in [-0.39, 0.29) is 17.3 Å². The van der Waals surface area contributed by atoms with E-state index in [1.807, 2.05) is 19.1 Å². The first kappa shape index (κ1) is 27.2. The summed E-state index contributed by atoms with van der Waals surface area (Å²) < 4.78 is 6.32. The van der Waals surface area contributed by atoms with E-state index in [4.69, 9.17) is 4.74 Å². The fourth-order valence-corrected chi connectivity index (χ4v) is 4.43. The summed E-state index contributed by atoms with van der Waals surface area (Å²) in [5, 5.41) is 10.8. The van der Waals surface area contributed by atoms with Gasteiger partial charge in [0.25, 0.3) is 0 Å². The van der Waals surface area contributed by atoms with Crippen LogP contribution in [-0.4, -0.2) is 22.8 Å². The zero-order valence-corrected chi connectivity index (χ0v) is 22.4. The van der Waals surface area contributed by atoms with Crippen LogP contribution in [0.1, 0.15) is 78.4 Å². The maximum Gasteiger partial charge on any atom is 0.187 e. The Hall–Kier alpha value is -3.40. The van der Waals surface area contributed by atoms with E-state index in [1.54, 1.807) is 6.07 Å². The van der Waals surface area contributed by atoms with Crippen molar-refractivity contribution < 1.29 is 19.4 Å². The van der Waals surface area contributed by atoms with E-state index >= 15 is 0 Å². The third-order valence-electron chi connectivity index (χ3n) is 6.44. The van der Waals surface area contributed by atoms with Crippen molar-refractivity contribution in [1.82, 2.24) is 0 Å². The molecular weight excluding hydrogens is 448 g/mol. The van der Waals surface area contributed by atoms with Crippen molar-refractivity contribution >= 4 is 17.1 Å². The lowest BCUT2D eigenvalue weighted by atomic mass is 9.83. The average Bonchev–Trinajstić information content (AvgIpc) is 2.79. The molecule has 3 rings (SSSR count). The smallest absolute Gasteiger partial charge is 0.187 e. The second-order valence-electron chi connectivity index (χ2n) is 10.3. The zero-order chi connectivity index (χ0) is 26.4. The van der Waals surface area contributed by atoms with E-state index in [1.165, 1.54) is 28.9 Å². The monoisotopic (exact) mass is 486 g/mol. The van der Waals surface area contributed by atoms with E-state index in [2.05, 4.69) is 52.8 Å². The number of rotatable bonds is 9. The number of ketones is 2. The topological polar surface area (TPSA) is 63.6 Å². The molecule has 0 spiro atoms. The van der Waals surface area contributed by atoms with Gasteiger partial charge in [-0.2, -0.15) is 0 Å². The molecule has 1 aliphatic carbocycles. The Bertz CT molecular complexity index is 1220. The predicted octanol–water partition coefficient (Wildman–Crippen LogP) is 7.54. The average molecular weight is 487 g/mol. The summed E-state index contributed by atoms with van der Waals surface area (Å²) in [5.41, 5.74) is 6.80. The van der Waals surface area contributed by atoms with Crippen LogP contribution in [0.3, 0.4) is 0 Å². The van der Waals surface area contributed by atoms with Gasteiger partial charge in [-0.05, 0) is 104 Å². The molecule has 0 radical (unpaired) electrons. The molecule has 1 N–H and O–H groups in total. The zero-order valence-electron chi connectivity index (χ0n) is 22.4. The van der Waals surface area contributed by atoms with Crippen LogP contribution < -0.4 is 4.74 Å². The predicted molar refractivity (Wildman–Crippen MR) is 147 cm³/mol. The van der Waals surface area contributed by atoms with Crippen molar-refractivity contribution in [2.45, 2.75) is 79.8 Å². The highest BCUT2D eigenvalue weighted by atomic mass is 16.5. The minimum atomic E-state index is -0.639. The maximum absolute atomic E-state index is 12.9. The van der Waals surface area contributed by atoms with Gasteiger partial charge in [0.1, 0.15) is 17.6 Å². The van der Waals surface area contributed by atoms with Crippen LogP contribution >= 0.6 is 0 Å². The van der Waals surface area contributed by atoms with Gasteiger partial charge in [0.15, 0.2) is 11.6 Å². The Morgan fingerprint density at radius 2 is 1.47 bits per heavy atom. The number of phenolic OH excluding ortho intramolecular Hbond substituents is 1. The van der Waals surface area contributed by atoms with E-state index in [9.17, 15) is 14.7 Å². The van der Waals surface area contributed by atoms with E-state index < -0.39 is 6.10 Å². The SMILES string of the molecule is CC(C)=CCC/C(C)=C/Cc1cc2c(cc1O)C1=C(C(=O)C=CC1=O)C(/C=C(\C)CCC=C(C)C)O2. The summed E-state index contributed by atoms with van der Waals surface area (Å²) >= 11 is 0. The fraction of sp³-hybridized carbons (Fsp3) is 0.375. The summed E-state index contributed by atoms with van der Waals surface area (Å²) in [6.07, 6.45) is 14.7. The fourth-order valence-electron chi connectivity index (χ4n) is 4.43. The number of phenols is 1. The highest BCUT2D eigenvalue weighted by Crippen LogP contribution is 2.42. The number of fused-ring (bicyclic) bond motifs is 2. The van der Waals surface area contributed by atoms with Crippen LogP contribution in [0.25, 0.3) is 5.57 Å². The molecule has 1 atom stereocenters. The van der Waals surface area contributed by atoms with Gasteiger partial charge in [0.2, 0.25) is 0 Å². The second-order valence-corrected chi connectivity index (χ2v) is 10.3. The van der Waals surface area contributed by atoms with Gasteiger partial charge in [-0.25, -0.2) is 0 Å². The molecule has 0 aromatic heterocycles. The van der Waals surface area contributed by atoms with Crippen LogP contribution in [0, 0.1) is 0 Å². The Kier molecular flexibility index (Phi) is 9.08. The lowest BCUT2D eigenvalue weighted by molar-refractivity contribution is -0.114. The van der Waals surface area contributed by atoms with E-state index in [0.717, 1.165) is 36.8 Å². The van der Waals surface area contributed by atoms with Gasteiger partial charge in [-0.3, -0.25) is 9.59 Å². The van der Waals surface area contributed by atoms with Crippen molar-refractivity contribution in [3.63, 3.8) is 0 Å². The Morgan fingerprint density at radius 1 is 0.861 bits per heavy atom. The van der Waals surface area contributed by atoms with Crippen molar-refractivity contribution in [2.75, 3.05) is 0 Å². The van der Waals surface area contributed by atoms with Gasteiger partial charge < -0.3 is 9.84 Å². The first-order valence-corrected chi connectivity index (χ1v) is 12.7. The van der Waals surface area contributed by atoms with Crippen molar-refractivity contribution in [3.8, 4) is 11.5 Å². The second kappa shape index (κ2) is 12.0. The molecule has 0 saturated carbocycles. The van der Waals surface area contributed by atoms with E-state index in [0.29, 0.717) is 28.9 Å². The molecule has 1 heterocycles. The Labute approximate surface area is 215 Å². The van der Waals surface area contributed by atoms with Crippen LogP contribution in [-0.2, 0) is 16.0 Å². The maximum atomic E-state index is 12.9. The highest BCUT2D eigenvalue weighted by molar-refractivity contribution is 6.37. The van der Waals surface area contributed by atoms with Crippen LogP contribution in [0.5, 0.6) is 11.5 Å². The van der Waals surface area contributed by atoms with Crippen LogP contribution in [0.2, 0.25) is 0 Å². The molecule has 1 aromatic carbocycles. The van der Waals surface area contributed by atoms with Gasteiger partial charge in [0, 0.05) is 16.7 Å². The number of allylic oxidation sites excluding steroid dienone is 10. The minimum absolute atomic E-state index is 0.0965. The van der Waals surface area contributed by atoms with Crippen molar-refractivity contribution in [1.29, 1.82) is 0 Å². The molecular formula is C32H38O4. The van der Waals surface area contributed by atoms with Gasteiger partial charge in [0.05, 0.1) is 5.57 Å². The number of ether oxygens (including phenoxy) is 1. The third kappa shape index (κ3) is 6.84. The van der Waals surface area contributed by atoms with Crippen molar-refractivity contribution in [2.24, 2.45) is 0 Å². The molecule has 0 bridgehead atoms. The summed E-state index contributed by atoms with van der Waals surface area (Å²) in [6.45, 7) is 12.5. The first-order chi connectivity index (χ1) is 17.1. The lowest BCUT2D eigenvalue weighted by Gasteiger charge is -2.30.